The van der Waals surface area contributed by atoms with Crippen molar-refractivity contribution < 1.29 is 13.2 Å². The Hall–Kier alpha value is -1.44. The minimum atomic E-state index is -3.49. The molecular weight excluding hydrogens is 386 g/mol. The van der Waals surface area contributed by atoms with Crippen LogP contribution in [0, 0.1) is 12.8 Å². The van der Waals surface area contributed by atoms with Crippen LogP contribution in [0.2, 0.25) is 0 Å². The van der Waals surface area contributed by atoms with Crippen molar-refractivity contribution in [2.75, 3.05) is 39.3 Å². The predicted octanol–water partition coefficient (Wildman–Crippen LogP) is 2.48. The van der Waals surface area contributed by atoms with Crippen LogP contribution in [0.4, 0.5) is 0 Å². The molecule has 160 valence electrons. The molecule has 1 saturated carbocycles. The molecule has 1 aromatic carbocycles. The van der Waals surface area contributed by atoms with E-state index in [1.165, 1.54) is 42.8 Å². The summed E-state index contributed by atoms with van der Waals surface area (Å²) in [6, 6.07) is 7.55. The van der Waals surface area contributed by atoms with E-state index in [0.717, 1.165) is 18.0 Å². The normalized spacial score (nSPS) is 26.9. The van der Waals surface area contributed by atoms with E-state index in [-0.39, 0.29) is 5.91 Å². The molecule has 4 rings (SSSR count). The number of aryl methyl sites for hydroxylation is 1. The highest BCUT2D eigenvalue weighted by molar-refractivity contribution is 7.89. The predicted molar refractivity (Wildman–Crippen MR) is 113 cm³/mol. The number of nitrogens with zero attached hydrogens (tertiary/aromatic N) is 3. The molecule has 0 radical (unpaired) electrons. The lowest BCUT2D eigenvalue weighted by atomic mass is 9.78. The fraction of sp³-hybridized carbons (Fsp3) is 0.682. The van der Waals surface area contributed by atoms with Gasteiger partial charge in [0.15, 0.2) is 0 Å². The van der Waals surface area contributed by atoms with Gasteiger partial charge in [-0.05, 0) is 57.2 Å². The summed E-state index contributed by atoms with van der Waals surface area (Å²) in [5.41, 5.74) is 1.04. The van der Waals surface area contributed by atoms with Gasteiger partial charge in [0.1, 0.15) is 0 Å². The number of piperidine rings is 1. The maximum Gasteiger partial charge on any atom is 0.243 e. The Labute approximate surface area is 174 Å². The molecule has 2 aliphatic heterocycles. The molecule has 7 heteroatoms. The van der Waals surface area contributed by atoms with Gasteiger partial charge in [0.2, 0.25) is 15.9 Å². The molecule has 1 aliphatic carbocycles. The van der Waals surface area contributed by atoms with E-state index in [0.29, 0.717) is 43.7 Å². The highest BCUT2D eigenvalue weighted by atomic mass is 32.2. The summed E-state index contributed by atoms with van der Waals surface area (Å²) in [7, 11) is -3.49. The first-order valence-electron chi connectivity index (χ1n) is 11.0. The molecule has 0 unspecified atom stereocenters. The van der Waals surface area contributed by atoms with Crippen LogP contribution in [-0.2, 0) is 14.8 Å². The highest BCUT2D eigenvalue weighted by Crippen LogP contribution is 2.35. The van der Waals surface area contributed by atoms with Crippen molar-refractivity contribution in [3.63, 3.8) is 0 Å². The van der Waals surface area contributed by atoms with Crippen LogP contribution in [0.3, 0.4) is 0 Å². The summed E-state index contributed by atoms with van der Waals surface area (Å²) in [6.07, 6.45) is 7.65. The lowest BCUT2D eigenvalue weighted by Crippen LogP contribution is -2.55. The van der Waals surface area contributed by atoms with Crippen molar-refractivity contribution in [3.05, 3.63) is 29.8 Å². The van der Waals surface area contributed by atoms with Gasteiger partial charge in [0.25, 0.3) is 0 Å². The third kappa shape index (κ3) is 4.52. The first-order valence-corrected chi connectivity index (χ1v) is 12.5. The van der Waals surface area contributed by atoms with Gasteiger partial charge < -0.3 is 4.90 Å². The Morgan fingerprint density at radius 3 is 2.31 bits per heavy atom. The Bertz CT molecular complexity index is 814. The van der Waals surface area contributed by atoms with Crippen LogP contribution < -0.4 is 0 Å². The van der Waals surface area contributed by atoms with E-state index in [2.05, 4.69) is 4.90 Å². The molecule has 6 nitrogen and oxygen atoms in total. The van der Waals surface area contributed by atoms with E-state index >= 15 is 0 Å². The second kappa shape index (κ2) is 8.74. The lowest BCUT2D eigenvalue weighted by Gasteiger charge is -2.44. The molecule has 2 atom stereocenters. The van der Waals surface area contributed by atoms with E-state index in [1.807, 2.05) is 24.0 Å². The Balaban J connectivity index is 1.33. The number of benzene rings is 1. The van der Waals surface area contributed by atoms with Gasteiger partial charge in [-0.3, -0.25) is 9.69 Å². The third-order valence-corrected chi connectivity index (χ3v) is 8.86. The molecule has 0 aromatic heterocycles. The third-order valence-electron chi connectivity index (χ3n) is 6.95. The molecule has 0 bridgehead atoms. The summed E-state index contributed by atoms with van der Waals surface area (Å²) in [4.78, 5) is 17.5. The summed E-state index contributed by atoms with van der Waals surface area (Å²) in [6.45, 7) is 5.15. The molecular formula is C22H33N3O3S. The number of fused-ring (bicyclic) bond motifs is 1. The van der Waals surface area contributed by atoms with E-state index in [1.54, 1.807) is 12.1 Å². The average Bonchev–Trinajstić information content (AvgIpc) is 2.74. The monoisotopic (exact) mass is 419 g/mol. The van der Waals surface area contributed by atoms with Crippen LogP contribution in [0.1, 0.15) is 44.1 Å². The van der Waals surface area contributed by atoms with Crippen LogP contribution in [0.25, 0.3) is 0 Å². The van der Waals surface area contributed by atoms with Gasteiger partial charge in [-0.1, -0.05) is 30.5 Å². The van der Waals surface area contributed by atoms with Crippen molar-refractivity contribution >= 4 is 15.9 Å². The minimum absolute atomic E-state index is 0.156. The lowest BCUT2D eigenvalue weighted by molar-refractivity contribution is -0.135. The number of carbonyl (C=O) groups is 1. The number of carbonyl (C=O) groups excluding carboxylic acids is 1. The topological polar surface area (TPSA) is 60.9 Å². The van der Waals surface area contributed by atoms with Crippen molar-refractivity contribution in [1.29, 1.82) is 0 Å². The van der Waals surface area contributed by atoms with Crippen molar-refractivity contribution in [1.82, 2.24) is 14.1 Å². The Morgan fingerprint density at radius 2 is 1.59 bits per heavy atom. The Morgan fingerprint density at radius 1 is 0.931 bits per heavy atom. The molecule has 0 spiro atoms. The zero-order chi connectivity index (χ0) is 20.4. The van der Waals surface area contributed by atoms with Gasteiger partial charge in [-0.25, -0.2) is 8.42 Å². The number of hydrogen-bond donors (Lipinski definition) is 0. The minimum Gasteiger partial charge on any atom is -0.339 e. The number of rotatable bonds is 4. The van der Waals surface area contributed by atoms with Crippen molar-refractivity contribution in [2.45, 2.75) is 56.4 Å². The standard InChI is InChI=1S/C22H33N3O3S/c1-18-8-10-20(11-9-18)29(27,28)25-15-13-23(14-16-25)22(26)17-24-12-4-6-19-5-2-3-7-21(19)24/h8-11,19,21H,2-7,12-17H2,1H3/t19-,21+/m1/s1. The molecule has 1 aromatic rings. The van der Waals surface area contributed by atoms with Crippen LogP contribution >= 0.6 is 0 Å². The second-order valence-corrected chi connectivity index (χ2v) is 10.8. The zero-order valence-electron chi connectivity index (χ0n) is 17.4. The first-order chi connectivity index (χ1) is 13.9. The largest absolute Gasteiger partial charge is 0.339 e. The number of amides is 1. The fourth-order valence-corrected chi connectivity index (χ4v) is 6.66. The van der Waals surface area contributed by atoms with Crippen LogP contribution in [0.15, 0.2) is 29.2 Å². The summed E-state index contributed by atoms with van der Waals surface area (Å²) >= 11 is 0. The van der Waals surface area contributed by atoms with Crippen LogP contribution in [0.5, 0.6) is 0 Å². The molecule has 3 fully saturated rings. The van der Waals surface area contributed by atoms with Crippen molar-refractivity contribution in [3.8, 4) is 0 Å². The van der Waals surface area contributed by atoms with Gasteiger partial charge in [-0.15, -0.1) is 0 Å². The average molecular weight is 420 g/mol. The molecule has 2 heterocycles. The summed E-state index contributed by atoms with van der Waals surface area (Å²) in [5.74, 6) is 0.922. The smallest absolute Gasteiger partial charge is 0.243 e. The molecule has 29 heavy (non-hydrogen) atoms. The van der Waals surface area contributed by atoms with Gasteiger partial charge >= 0.3 is 0 Å². The maximum absolute atomic E-state index is 12.9. The van der Waals surface area contributed by atoms with Crippen molar-refractivity contribution in [2.24, 2.45) is 5.92 Å². The van der Waals surface area contributed by atoms with E-state index in [4.69, 9.17) is 0 Å². The highest BCUT2D eigenvalue weighted by Gasteiger charge is 2.36. The maximum atomic E-state index is 12.9. The van der Waals surface area contributed by atoms with Gasteiger partial charge in [-0.2, -0.15) is 4.31 Å². The van der Waals surface area contributed by atoms with Crippen LogP contribution in [-0.4, -0.2) is 73.7 Å². The quantitative estimate of drug-likeness (QED) is 0.752. The van der Waals surface area contributed by atoms with E-state index in [9.17, 15) is 13.2 Å². The molecule has 1 amide bonds. The van der Waals surface area contributed by atoms with Gasteiger partial charge in [0.05, 0.1) is 11.4 Å². The molecule has 3 aliphatic rings. The summed E-state index contributed by atoms with van der Waals surface area (Å²) < 4.78 is 27.2. The molecule has 0 N–H and O–H groups in total. The number of piperazine rings is 1. The Kier molecular flexibility index (Phi) is 6.27. The molecule has 2 saturated heterocycles. The van der Waals surface area contributed by atoms with E-state index < -0.39 is 10.0 Å². The summed E-state index contributed by atoms with van der Waals surface area (Å²) in [5, 5.41) is 0. The number of likely N-dealkylation sites (tertiary alicyclic amines) is 1. The zero-order valence-corrected chi connectivity index (χ0v) is 18.2. The fourth-order valence-electron chi connectivity index (χ4n) is 5.24. The first kappa shape index (κ1) is 20.8. The number of sulfonamides is 1. The van der Waals surface area contributed by atoms with Gasteiger partial charge in [0, 0.05) is 32.2 Å². The second-order valence-electron chi connectivity index (χ2n) is 8.82. The number of hydrogen-bond acceptors (Lipinski definition) is 4. The SMILES string of the molecule is Cc1ccc(S(=O)(=O)N2CCN(C(=O)CN3CCC[C@H]4CCCC[C@@H]43)CC2)cc1.